The van der Waals surface area contributed by atoms with E-state index in [4.69, 9.17) is 4.74 Å². The van der Waals surface area contributed by atoms with Crippen molar-refractivity contribution >= 4 is 5.97 Å². The second-order valence-corrected chi connectivity index (χ2v) is 4.54. The zero-order valence-electron chi connectivity index (χ0n) is 8.79. The minimum absolute atomic E-state index is 0.0342. The molecule has 2 aliphatic rings. The number of hydrogen-bond acceptors (Lipinski definition) is 3. The molecule has 2 fully saturated rings. The van der Waals surface area contributed by atoms with E-state index in [1.807, 2.05) is 6.92 Å². The van der Waals surface area contributed by atoms with Crippen molar-refractivity contribution < 1.29 is 9.53 Å². The van der Waals surface area contributed by atoms with Crippen LogP contribution in [0.25, 0.3) is 0 Å². The molecule has 0 aromatic carbocycles. The highest BCUT2D eigenvalue weighted by atomic mass is 16.6. The van der Waals surface area contributed by atoms with E-state index in [0.29, 0.717) is 6.04 Å². The van der Waals surface area contributed by atoms with Crippen LogP contribution in [0.3, 0.4) is 0 Å². The smallest absolute Gasteiger partial charge is 0.323 e. The summed E-state index contributed by atoms with van der Waals surface area (Å²) in [7, 11) is 0. The molecule has 0 aromatic rings. The van der Waals surface area contributed by atoms with Crippen molar-refractivity contribution in [3.05, 3.63) is 0 Å². The molecule has 0 spiro atoms. The normalized spacial score (nSPS) is 34.5. The first-order valence-electron chi connectivity index (χ1n) is 5.72. The van der Waals surface area contributed by atoms with E-state index in [-0.39, 0.29) is 18.1 Å². The van der Waals surface area contributed by atoms with Gasteiger partial charge in [-0.25, -0.2) is 0 Å². The summed E-state index contributed by atoms with van der Waals surface area (Å²) in [5, 5.41) is 3.42. The first kappa shape index (κ1) is 9.97. The van der Waals surface area contributed by atoms with Crippen molar-refractivity contribution in [1.82, 2.24) is 5.32 Å². The van der Waals surface area contributed by atoms with E-state index in [1.54, 1.807) is 0 Å². The first-order chi connectivity index (χ1) is 6.75. The third kappa shape index (κ3) is 2.27. The summed E-state index contributed by atoms with van der Waals surface area (Å²) < 4.78 is 5.11. The number of hydrogen-bond donors (Lipinski definition) is 1. The molecule has 80 valence electrons. The van der Waals surface area contributed by atoms with Gasteiger partial charge >= 0.3 is 5.97 Å². The molecule has 1 N–H and O–H groups in total. The van der Waals surface area contributed by atoms with Gasteiger partial charge in [0.05, 0.1) is 0 Å². The first-order valence-corrected chi connectivity index (χ1v) is 5.72. The Balaban J connectivity index is 1.81. The van der Waals surface area contributed by atoms with Crippen molar-refractivity contribution in [3.63, 3.8) is 0 Å². The zero-order chi connectivity index (χ0) is 9.97. The van der Waals surface area contributed by atoms with E-state index in [0.717, 1.165) is 6.42 Å². The number of carbonyl (C=O) groups is 1. The Hall–Kier alpha value is -0.570. The van der Waals surface area contributed by atoms with Crippen molar-refractivity contribution in [2.45, 2.75) is 63.6 Å². The predicted octanol–water partition coefficient (Wildman–Crippen LogP) is 1.61. The fourth-order valence-corrected chi connectivity index (χ4v) is 2.45. The maximum atomic E-state index is 11.4. The predicted molar refractivity (Wildman–Crippen MR) is 54.0 cm³/mol. The van der Waals surface area contributed by atoms with Crippen LogP contribution in [0.1, 0.15) is 45.4 Å². The Kier molecular flexibility index (Phi) is 3.06. The average molecular weight is 197 g/mol. The Morgan fingerprint density at radius 3 is 2.57 bits per heavy atom. The number of ether oxygens (including phenoxy) is 1. The topological polar surface area (TPSA) is 38.3 Å². The van der Waals surface area contributed by atoms with Gasteiger partial charge in [-0.1, -0.05) is 19.3 Å². The Morgan fingerprint density at radius 2 is 2.00 bits per heavy atom. The van der Waals surface area contributed by atoms with Gasteiger partial charge in [-0.15, -0.1) is 0 Å². The van der Waals surface area contributed by atoms with E-state index >= 15 is 0 Å². The molecule has 3 heteroatoms. The van der Waals surface area contributed by atoms with E-state index in [1.165, 1.54) is 32.1 Å². The second kappa shape index (κ2) is 4.30. The number of rotatable bonds is 2. The summed E-state index contributed by atoms with van der Waals surface area (Å²) in [6.07, 6.45) is 7.34. The highest BCUT2D eigenvalue weighted by Crippen LogP contribution is 2.21. The van der Waals surface area contributed by atoms with Gasteiger partial charge in [0.1, 0.15) is 12.1 Å². The Bertz CT molecular complexity index is 211. The molecule has 1 aliphatic carbocycles. The Labute approximate surface area is 85.2 Å². The minimum atomic E-state index is -0.0527. The standard InChI is InChI=1S/C11H19NO2/c1-8-7-10(11(13)14-8)12-9-5-3-2-4-6-9/h8-10,12H,2-7H2,1H3. The van der Waals surface area contributed by atoms with Crippen LogP contribution < -0.4 is 5.32 Å². The highest BCUT2D eigenvalue weighted by molar-refractivity contribution is 5.77. The number of nitrogens with one attached hydrogen (secondary N) is 1. The van der Waals surface area contributed by atoms with Gasteiger partial charge in [0.2, 0.25) is 0 Å². The van der Waals surface area contributed by atoms with Crippen LogP contribution >= 0.6 is 0 Å². The fourth-order valence-electron chi connectivity index (χ4n) is 2.45. The van der Waals surface area contributed by atoms with E-state index < -0.39 is 0 Å². The molecular formula is C11H19NO2. The van der Waals surface area contributed by atoms with Gasteiger partial charge in [-0.3, -0.25) is 4.79 Å². The number of cyclic esters (lactones) is 1. The molecule has 14 heavy (non-hydrogen) atoms. The van der Waals surface area contributed by atoms with E-state index in [2.05, 4.69) is 5.32 Å². The Morgan fingerprint density at radius 1 is 1.29 bits per heavy atom. The van der Waals surface area contributed by atoms with E-state index in [9.17, 15) is 4.79 Å². The summed E-state index contributed by atoms with van der Waals surface area (Å²) in [5.74, 6) is -0.0527. The number of carbonyl (C=O) groups excluding carboxylic acids is 1. The monoisotopic (exact) mass is 197 g/mol. The maximum absolute atomic E-state index is 11.4. The molecule has 0 bridgehead atoms. The summed E-state index contributed by atoms with van der Waals surface area (Å²) in [6, 6.07) is 0.514. The largest absolute Gasteiger partial charge is 0.461 e. The number of esters is 1. The average Bonchev–Trinajstić information content (AvgIpc) is 2.47. The van der Waals surface area contributed by atoms with Gasteiger partial charge in [-0.05, 0) is 19.8 Å². The van der Waals surface area contributed by atoms with Gasteiger partial charge in [-0.2, -0.15) is 0 Å². The lowest BCUT2D eigenvalue weighted by Gasteiger charge is -2.24. The lowest BCUT2D eigenvalue weighted by Crippen LogP contribution is -2.41. The molecule has 2 unspecified atom stereocenters. The third-order valence-corrected chi connectivity index (χ3v) is 3.21. The van der Waals surface area contributed by atoms with Crippen LogP contribution in [0.15, 0.2) is 0 Å². The fraction of sp³-hybridized carbons (Fsp3) is 0.909. The van der Waals surface area contributed by atoms with Gasteiger partial charge in [0, 0.05) is 12.5 Å². The van der Waals surface area contributed by atoms with Crippen LogP contribution in [0, 0.1) is 0 Å². The van der Waals surface area contributed by atoms with Gasteiger partial charge in [0.25, 0.3) is 0 Å². The van der Waals surface area contributed by atoms with Crippen molar-refractivity contribution in [3.8, 4) is 0 Å². The molecule has 2 atom stereocenters. The van der Waals surface area contributed by atoms with Crippen LogP contribution in [-0.4, -0.2) is 24.2 Å². The van der Waals surface area contributed by atoms with Crippen LogP contribution in [0.2, 0.25) is 0 Å². The third-order valence-electron chi connectivity index (χ3n) is 3.21. The molecule has 0 radical (unpaired) electrons. The quantitative estimate of drug-likeness (QED) is 0.683. The molecule has 1 saturated heterocycles. The van der Waals surface area contributed by atoms with Crippen molar-refractivity contribution in [2.75, 3.05) is 0 Å². The second-order valence-electron chi connectivity index (χ2n) is 4.54. The van der Waals surface area contributed by atoms with Crippen LogP contribution in [0.5, 0.6) is 0 Å². The minimum Gasteiger partial charge on any atom is -0.461 e. The van der Waals surface area contributed by atoms with Crippen molar-refractivity contribution in [1.29, 1.82) is 0 Å². The summed E-state index contributed by atoms with van der Waals surface area (Å²) in [6.45, 7) is 1.96. The molecule has 0 aromatic heterocycles. The highest BCUT2D eigenvalue weighted by Gasteiger charge is 2.33. The molecular weight excluding hydrogens is 178 g/mol. The zero-order valence-corrected chi connectivity index (χ0v) is 8.79. The molecule has 3 nitrogen and oxygen atoms in total. The van der Waals surface area contributed by atoms with Gasteiger partial charge < -0.3 is 10.1 Å². The molecule has 1 aliphatic heterocycles. The molecule has 1 heterocycles. The summed E-state index contributed by atoms with van der Waals surface area (Å²) in [4.78, 5) is 11.4. The van der Waals surface area contributed by atoms with Crippen LogP contribution in [0.4, 0.5) is 0 Å². The van der Waals surface area contributed by atoms with Crippen molar-refractivity contribution in [2.24, 2.45) is 0 Å². The summed E-state index contributed by atoms with van der Waals surface area (Å²) in [5.41, 5.74) is 0. The molecule has 1 saturated carbocycles. The molecule has 0 amide bonds. The van der Waals surface area contributed by atoms with Gasteiger partial charge in [0.15, 0.2) is 0 Å². The lowest BCUT2D eigenvalue weighted by atomic mass is 9.94. The summed E-state index contributed by atoms with van der Waals surface area (Å²) >= 11 is 0. The SMILES string of the molecule is CC1CC(NC2CCCCC2)C(=O)O1. The van der Waals surface area contributed by atoms with Crippen LogP contribution in [-0.2, 0) is 9.53 Å². The maximum Gasteiger partial charge on any atom is 0.323 e. The lowest BCUT2D eigenvalue weighted by molar-refractivity contribution is -0.142. The molecule has 2 rings (SSSR count).